The molecule has 1 N–H and O–H groups in total. The molecule has 0 bridgehead atoms. The van der Waals surface area contributed by atoms with E-state index < -0.39 is 0 Å². The second-order valence-corrected chi connectivity index (χ2v) is 3.17. The van der Waals surface area contributed by atoms with Crippen molar-refractivity contribution in [3.8, 4) is 0 Å². The highest BCUT2D eigenvalue weighted by Gasteiger charge is 1.98. The van der Waals surface area contributed by atoms with Gasteiger partial charge in [0.15, 0.2) is 0 Å². The molecule has 1 rings (SSSR count). The van der Waals surface area contributed by atoms with Gasteiger partial charge in [0.2, 0.25) is 0 Å². The second-order valence-electron chi connectivity index (χ2n) is 3.17. The number of hydrogen-bond acceptors (Lipinski definition) is 1. The van der Waals surface area contributed by atoms with Crippen LogP contribution in [-0.2, 0) is 0 Å². The van der Waals surface area contributed by atoms with E-state index in [9.17, 15) is 0 Å². The third-order valence-electron chi connectivity index (χ3n) is 1.56. The highest BCUT2D eigenvalue weighted by Crippen LogP contribution is 2.15. The van der Waals surface area contributed by atoms with Crippen LogP contribution in [0.15, 0.2) is 23.3 Å². The van der Waals surface area contributed by atoms with Crippen molar-refractivity contribution in [1.82, 2.24) is 0 Å². The molecule has 70 valence electrons. The molecular weight excluding hydrogens is 148 g/mol. The third-order valence-corrected chi connectivity index (χ3v) is 1.56. The van der Waals surface area contributed by atoms with Crippen molar-refractivity contribution < 1.29 is 5.11 Å². The van der Waals surface area contributed by atoms with Crippen LogP contribution in [0.4, 0.5) is 0 Å². The zero-order valence-electron chi connectivity index (χ0n) is 8.43. The van der Waals surface area contributed by atoms with Gasteiger partial charge >= 0.3 is 0 Å². The zero-order chi connectivity index (χ0) is 9.40. The summed E-state index contributed by atoms with van der Waals surface area (Å²) in [6.07, 6.45) is 7.65. The van der Waals surface area contributed by atoms with E-state index in [0.717, 1.165) is 18.4 Å². The molecule has 0 atom stereocenters. The van der Waals surface area contributed by atoms with Gasteiger partial charge in [0.1, 0.15) is 0 Å². The van der Waals surface area contributed by atoms with E-state index in [4.69, 9.17) is 5.11 Å². The minimum absolute atomic E-state index is 0.192. The van der Waals surface area contributed by atoms with Gasteiger partial charge in [-0.15, -0.1) is 0 Å². The minimum atomic E-state index is 0.192. The van der Waals surface area contributed by atoms with Crippen LogP contribution in [0.25, 0.3) is 0 Å². The fraction of sp³-hybridized carbons (Fsp3) is 0.636. The molecule has 0 aromatic heterocycles. The minimum Gasteiger partial charge on any atom is -0.392 e. The molecule has 0 radical (unpaired) electrons. The van der Waals surface area contributed by atoms with Crippen molar-refractivity contribution in [2.24, 2.45) is 0 Å². The Balaban J connectivity index is 0.000000354. The van der Waals surface area contributed by atoms with Crippen LogP contribution in [0.2, 0.25) is 0 Å². The Bertz CT molecular complexity index is 166. The van der Waals surface area contributed by atoms with Gasteiger partial charge in [-0.3, -0.25) is 0 Å². The molecule has 0 aromatic rings. The molecule has 0 amide bonds. The van der Waals surface area contributed by atoms with Crippen molar-refractivity contribution in [2.45, 2.75) is 40.0 Å². The summed E-state index contributed by atoms with van der Waals surface area (Å²) < 4.78 is 0. The normalized spacial score (nSPS) is 15.7. The number of rotatable bonds is 1. The Morgan fingerprint density at radius 1 is 1.42 bits per heavy atom. The molecule has 0 heterocycles. The van der Waals surface area contributed by atoms with Gasteiger partial charge in [-0.2, -0.15) is 0 Å². The Morgan fingerprint density at radius 3 is 2.33 bits per heavy atom. The summed E-state index contributed by atoms with van der Waals surface area (Å²) in [5.74, 6) is 0. The average molecular weight is 168 g/mol. The van der Waals surface area contributed by atoms with E-state index in [1.54, 1.807) is 0 Å². The van der Waals surface area contributed by atoms with Gasteiger partial charge in [0, 0.05) is 0 Å². The van der Waals surface area contributed by atoms with Crippen molar-refractivity contribution >= 4 is 0 Å². The molecule has 0 unspecified atom stereocenters. The topological polar surface area (TPSA) is 20.2 Å². The molecule has 0 saturated heterocycles. The Morgan fingerprint density at radius 2 is 2.00 bits per heavy atom. The van der Waals surface area contributed by atoms with Gasteiger partial charge in [0.25, 0.3) is 0 Å². The first kappa shape index (κ1) is 11.4. The summed E-state index contributed by atoms with van der Waals surface area (Å²) in [6, 6.07) is 0. The van der Waals surface area contributed by atoms with Gasteiger partial charge in [-0.25, -0.2) is 0 Å². The van der Waals surface area contributed by atoms with Crippen LogP contribution in [0.3, 0.4) is 0 Å². The highest BCUT2D eigenvalue weighted by molar-refractivity contribution is 5.26. The largest absolute Gasteiger partial charge is 0.392 e. The zero-order valence-corrected chi connectivity index (χ0v) is 8.43. The number of aliphatic hydroxyl groups is 1. The monoisotopic (exact) mass is 168 g/mol. The molecule has 0 aliphatic heterocycles. The standard InChI is InChI=1S/C8H12O.C3H8/c1-7-3-2-4-8(5-7)6-9;1-3-2/h4-5,9H,2-3,6H2,1H3;3H2,1-2H3. The summed E-state index contributed by atoms with van der Waals surface area (Å²) in [5, 5.41) is 8.70. The van der Waals surface area contributed by atoms with E-state index in [0.29, 0.717) is 0 Å². The van der Waals surface area contributed by atoms with Crippen LogP contribution in [0, 0.1) is 0 Å². The number of hydrogen-bond donors (Lipinski definition) is 1. The van der Waals surface area contributed by atoms with Gasteiger partial charge in [-0.05, 0) is 25.3 Å². The number of aliphatic hydroxyl groups excluding tert-OH is 1. The molecular formula is C11H20O. The predicted octanol–water partition coefficient (Wildman–Crippen LogP) is 3.06. The molecule has 0 fully saturated rings. The van der Waals surface area contributed by atoms with Crippen molar-refractivity contribution in [3.05, 3.63) is 23.3 Å². The van der Waals surface area contributed by atoms with Crippen molar-refractivity contribution in [3.63, 3.8) is 0 Å². The second kappa shape index (κ2) is 7.11. The van der Waals surface area contributed by atoms with E-state index in [1.165, 1.54) is 12.0 Å². The maximum Gasteiger partial charge on any atom is 0.0678 e. The van der Waals surface area contributed by atoms with E-state index in [1.807, 2.05) is 0 Å². The summed E-state index contributed by atoms with van der Waals surface area (Å²) in [7, 11) is 0. The summed E-state index contributed by atoms with van der Waals surface area (Å²) in [4.78, 5) is 0. The predicted molar refractivity (Wildman–Crippen MR) is 54.1 cm³/mol. The molecule has 1 aliphatic rings. The van der Waals surface area contributed by atoms with Gasteiger partial charge < -0.3 is 5.11 Å². The third kappa shape index (κ3) is 5.14. The molecule has 1 aliphatic carbocycles. The van der Waals surface area contributed by atoms with Crippen LogP contribution in [-0.4, -0.2) is 11.7 Å². The molecule has 0 aromatic carbocycles. The smallest absolute Gasteiger partial charge is 0.0678 e. The number of allylic oxidation sites excluding steroid dienone is 2. The average Bonchev–Trinajstić information content (AvgIpc) is 2.06. The molecule has 0 saturated carbocycles. The molecule has 12 heavy (non-hydrogen) atoms. The van der Waals surface area contributed by atoms with Crippen LogP contribution in [0.5, 0.6) is 0 Å². The quantitative estimate of drug-likeness (QED) is 0.638. The van der Waals surface area contributed by atoms with E-state index in [2.05, 4.69) is 32.9 Å². The van der Waals surface area contributed by atoms with Crippen LogP contribution >= 0.6 is 0 Å². The van der Waals surface area contributed by atoms with Gasteiger partial charge in [-0.1, -0.05) is 38.0 Å². The Labute approximate surface area is 75.8 Å². The lowest BCUT2D eigenvalue weighted by atomic mass is 10.0. The Hall–Kier alpha value is -0.560. The fourth-order valence-corrected chi connectivity index (χ4v) is 1.04. The maximum atomic E-state index is 8.70. The molecule has 1 heteroatoms. The highest BCUT2D eigenvalue weighted by atomic mass is 16.3. The Kier molecular flexibility index (Phi) is 6.78. The summed E-state index contributed by atoms with van der Waals surface area (Å²) in [5.41, 5.74) is 2.44. The first-order valence-electron chi connectivity index (χ1n) is 4.71. The van der Waals surface area contributed by atoms with Crippen molar-refractivity contribution in [1.29, 1.82) is 0 Å². The lowest BCUT2D eigenvalue weighted by molar-refractivity contribution is 0.334. The lowest BCUT2D eigenvalue weighted by Crippen LogP contribution is -1.93. The first-order valence-corrected chi connectivity index (χ1v) is 4.71. The molecule has 0 spiro atoms. The van der Waals surface area contributed by atoms with Crippen LogP contribution in [0.1, 0.15) is 40.0 Å². The van der Waals surface area contributed by atoms with E-state index in [-0.39, 0.29) is 6.61 Å². The van der Waals surface area contributed by atoms with Crippen LogP contribution < -0.4 is 0 Å². The fourth-order valence-electron chi connectivity index (χ4n) is 1.04. The SMILES string of the molecule is CC1=CC(CO)=CCC1.CCC. The van der Waals surface area contributed by atoms with Crippen molar-refractivity contribution in [2.75, 3.05) is 6.61 Å². The lowest BCUT2D eigenvalue weighted by Gasteiger charge is -2.06. The maximum absolute atomic E-state index is 8.70. The van der Waals surface area contributed by atoms with Gasteiger partial charge in [0.05, 0.1) is 6.61 Å². The summed E-state index contributed by atoms with van der Waals surface area (Å²) >= 11 is 0. The first-order chi connectivity index (χ1) is 5.74. The molecule has 1 nitrogen and oxygen atoms in total. The summed E-state index contributed by atoms with van der Waals surface area (Å²) in [6.45, 7) is 6.54. The van der Waals surface area contributed by atoms with E-state index >= 15 is 0 Å².